The standard InChI is InChI=1S/C19H27N5/c20-13-3-4-14(11-13)22-18-15-5-9-19(7-1-2-8-19)12-16(15)23-17-6-10-21-24(17)18/h6,10,13-14,22H,1-5,7-9,11-12,20H2/t13-,14-/m0/s1. The number of hydrogen-bond acceptors (Lipinski definition) is 4. The van der Waals surface area contributed by atoms with Gasteiger partial charge in [-0.25, -0.2) is 4.98 Å². The Morgan fingerprint density at radius 3 is 2.88 bits per heavy atom. The van der Waals surface area contributed by atoms with Crippen LogP contribution in [0.5, 0.6) is 0 Å². The molecule has 3 N–H and O–H groups in total. The number of rotatable bonds is 2. The van der Waals surface area contributed by atoms with Crippen molar-refractivity contribution in [2.24, 2.45) is 11.1 Å². The molecular formula is C19H27N5. The van der Waals surface area contributed by atoms with Crippen LogP contribution in [0.1, 0.15) is 62.6 Å². The van der Waals surface area contributed by atoms with Gasteiger partial charge in [-0.3, -0.25) is 0 Å². The third kappa shape index (κ3) is 2.32. The Hall–Kier alpha value is -1.62. The van der Waals surface area contributed by atoms with Crippen molar-refractivity contribution < 1.29 is 0 Å². The first-order valence-corrected chi connectivity index (χ1v) is 9.60. The maximum Gasteiger partial charge on any atom is 0.157 e. The van der Waals surface area contributed by atoms with Crippen LogP contribution in [-0.4, -0.2) is 26.7 Å². The van der Waals surface area contributed by atoms with Gasteiger partial charge in [-0.05, 0) is 56.8 Å². The summed E-state index contributed by atoms with van der Waals surface area (Å²) in [5.74, 6) is 1.19. The number of nitrogens with zero attached hydrogens (tertiary/aromatic N) is 3. The van der Waals surface area contributed by atoms with E-state index in [2.05, 4.69) is 10.4 Å². The Labute approximate surface area is 143 Å². The molecule has 0 radical (unpaired) electrons. The number of nitrogens with one attached hydrogen (secondary N) is 1. The van der Waals surface area contributed by atoms with E-state index in [0.717, 1.165) is 37.8 Å². The molecule has 2 heterocycles. The summed E-state index contributed by atoms with van der Waals surface area (Å²) in [5.41, 5.74) is 10.4. The molecule has 24 heavy (non-hydrogen) atoms. The summed E-state index contributed by atoms with van der Waals surface area (Å²) in [6.07, 6.45) is 14.4. The van der Waals surface area contributed by atoms with Gasteiger partial charge in [0, 0.05) is 23.7 Å². The molecule has 2 aromatic rings. The van der Waals surface area contributed by atoms with Gasteiger partial charge in [-0.15, -0.1) is 0 Å². The average molecular weight is 325 g/mol. The molecule has 0 amide bonds. The molecule has 0 aliphatic heterocycles. The van der Waals surface area contributed by atoms with Crippen LogP contribution >= 0.6 is 0 Å². The lowest BCUT2D eigenvalue weighted by Crippen LogP contribution is -2.30. The molecule has 0 unspecified atom stereocenters. The number of aromatic nitrogens is 3. The van der Waals surface area contributed by atoms with Crippen molar-refractivity contribution in [3.8, 4) is 0 Å². The molecule has 0 aromatic carbocycles. The highest BCUT2D eigenvalue weighted by Gasteiger charge is 2.39. The van der Waals surface area contributed by atoms with Crippen molar-refractivity contribution in [1.29, 1.82) is 0 Å². The third-order valence-corrected chi connectivity index (χ3v) is 6.64. The van der Waals surface area contributed by atoms with E-state index in [4.69, 9.17) is 10.7 Å². The maximum absolute atomic E-state index is 6.11. The first-order chi connectivity index (χ1) is 11.7. The molecule has 5 heteroatoms. The zero-order chi connectivity index (χ0) is 16.1. The Morgan fingerprint density at radius 2 is 2.08 bits per heavy atom. The van der Waals surface area contributed by atoms with E-state index in [1.165, 1.54) is 49.2 Å². The van der Waals surface area contributed by atoms with Gasteiger partial charge in [0.15, 0.2) is 5.65 Å². The fraction of sp³-hybridized carbons (Fsp3) is 0.684. The van der Waals surface area contributed by atoms with Crippen molar-refractivity contribution in [1.82, 2.24) is 14.6 Å². The highest BCUT2D eigenvalue weighted by Crippen LogP contribution is 2.48. The molecule has 0 saturated heterocycles. The van der Waals surface area contributed by atoms with Crippen molar-refractivity contribution in [2.45, 2.75) is 76.3 Å². The topological polar surface area (TPSA) is 68.2 Å². The zero-order valence-electron chi connectivity index (χ0n) is 14.3. The van der Waals surface area contributed by atoms with Gasteiger partial charge in [0.25, 0.3) is 0 Å². The van der Waals surface area contributed by atoms with E-state index in [0.29, 0.717) is 17.5 Å². The molecule has 1 spiro atoms. The van der Waals surface area contributed by atoms with Crippen LogP contribution in [0.2, 0.25) is 0 Å². The van der Waals surface area contributed by atoms with Gasteiger partial charge < -0.3 is 11.1 Å². The molecular weight excluding hydrogens is 298 g/mol. The largest absolute Gasteiger partial charge is 0.367 e. The molecule has 2 saturated carbocycles. The van der Waals surface area contributed by atoms with Crippen LogP contribution in [0.3, 0.4) is 0 Å². The predicted molar refractivity (Wildman–Crippen MR) is 95.2 cm³/mol. The highest BCUT2D eigenvalue weighted by atomic mass is 15.3. The second-order valence-electron chi connectivity index (χ2n) is 8.29. The van der Waals surface area contributed by atoms with Crippen LogP contribution in [0.4, 0.5) is 5.82 Å². The van der Waals surface area contributed by atoms with Crippen molar-refractivity contribution in [2.75, 3.05) is 5.32 Å². The fourth-order valence-corrected chi connectivity index (χ4v) is 5.31. The van der Waals surface area contributed by atoms with Gasteiger partial charge in [-0.1, -0.05) is 12.8 Å². The van der Waals surface area contributed by atoms with Crippen LogP contribution in [0, 0.1) is 5.41 Å². The lowest BCUT2D eigenvalue weighted by Gasteiger charge is -2.35. The van der Waals surface area contributed by atoms with Crippen LogP contribution in [0.25, 0.3) is 5.65 Å². The van der Waals surface area contributed by atoms with E-state index in [9.17, 15) is 0 Å². The summed E-state index contributed by atoms with van der Waals surface area (Å²) in [6.45, 7) is 0. The van der Waals surface area contributed by atoms with Crippen molar-refractivity contribution in [3.05, 3.63) is 23.5 Å². The van der Waals surface area contributed by atoms with Crippen LogP contribution in [0.15, 0.2) is 12.3 Å². The molecule has 2 atom stereocenters. The Kier molecular flexibility index (Phi) is 3.34. The Balaban J connectivity index is 1.55. The maximum atomic E-state index is 6.11. The van der Waals surface area contributed by atoms with Gasteiger partial charge in [0.2, 0.25) is 0 Å². The predicted octanol–water partition coefficient (Wildman–Crippen LogP) is 3.07. The Morgan fingerprint density at radius 1 is 1.21 bits per heavy atom. The fourth-order valence-electron chi connectivity index (χ4n) is 5.31. The van der Waals surface area contributed by atoms with E-state index >= 15 is 0 Å². The minimum Gasteiger partial charge on any atom is -0.367 e. The first kappa shape index (κ1) is 14.7. The minimum atomic E-state index is 0.343. The number of fused-ring (bicyclic) bond motifs is 2. The van der Waals surface area contributed by atoms with Gasteiger partial charge in [-0.2, -0.15) is 9.61 Å². The number of nitrogens with two attached hydrogens (primary N) is 1. The third-order valence-electron chi connectivity index (χ3n) is 6.64. The summed E-state index contributed by atoms with van der Waals surface area (Å²) in [6, 6.07) is 2.85. The zero-order valence-corrected chi connectivity index (χ0v) is 14.3. The van der Waals surface area contributed by atoms with Crippen molar-refractivity contribution >= 4 is 11.5 Å². The summed E-state index contributed by atoms with van der Waals surface area (Å²) in [5, 5.41) is 8.33. The van der Waals surface area contributed by atoms with Crippen molar-refractivity contribution in [3.63, 3.8) is 0 Å². The molecule has 2 aromatic heterocycles. The van der Waals surface area contributed by atoms with Gasteiger partial charge >= 0.3 is 0 Å². The quantitative estimate of drug-likeness (QED) is 0.890. The molecule has 128 valence electrons. The van der Waals surface area contributed by atoms with E-state index in [-0.39, 0.29) is 0 Å². The minimum absolute atomic E-state index is 0.343. The average Bonchev–Trinajstić information content (AvgIpc) is 3.29. The molecule has 3 aliphatic rings. The summed E-state index contributed by atoms with van der Waals surface area (Å²) < 4.78 is 2.01. The first-order valence-electron chi connectivity index (χ1n) is 9.60. The van der Waals surface area contributed by atoms with Gasteiger partial charge in [0.1, 0.15) is 5.82 Å². The number of hydrogen-bond donors (Lipinski definition) is 2. The molecule has 2 fully saturated rings. The normalized spacial score (nSPS) is 28.5. The molecule has 5 rings (SSSR count). The summed E-state index contributed by atoms with van der Waals surface area (Å²) >= 11 is 0. The second-order valence-corrected chi connectivity index (χ2v) is 8.29. The second kappa shape index (κ2) is 5.45. The SMILES string of the molecule is N[C@H]1CC[C@H](Nc2c3c(nc4ccnn24)CC2(CCCC2)CC3)C1. The molecule has 3 aliphatic carbocycles. The highest BCUT2D eigenvalue weighted by molar-refractivity contribution is 5.57. The molecule has 5 nitrogen and oxygen atoms in total. The monoisotopic (exact) mass is 325 g/mol. The van der Waals surface area contributed by atoms with E-state index < -0.39 is 0 Å². The Bertz CT molecular complexity index is 758. The lowest BCUT2D eigenvalue weighted by molar-refractivity contribution is 0.251. The molecule has 0 bridgehead atoms. The van der Waals surface area contributed by atoms with Gasteiger partial charge in [0.05, 0.1) is 11.9 Å². The summed E-state index contributed by atoms with van der Waals surface area (Å²) in [7, 11) is 0. The van der Waals surface area contributed by atoms with E-state index in [1.807, 2.05) is 16.8 Å². The number of anilines is 1. The summed E-state index contributed by atoms with van der Waals surface area (Å²) in [4.78, 5) is 4.98. The van der Waals surface area contributed by atoms with Crippen LogP contribution < -0.4 is 11.1 Å². The lowest BCUT2D eigenvalue weighted by atomic mass is 9.72. The van der Waals surface area contributed by atoms with Crippen LogP contribution in [-0.2, 0) is 12.8 Å². The van der Waals surface area contributed by atoms with E-state index in [1.54, 1.807) is 0 Å². The smallest absolute Gasteiger partial charge is 0.157 e.